The lowest BCUT2D eigenvalue weighted by Crippen LogP contribution is -2.18. The highest BCUT2D eigenvalue weighted by Crippen LogP contribution is 2.15. The van der Waals surface area contributed by atoms with Crippen LogP contribution in [0.2, 0.25) is 0 Å². The Morgan fingerprint density at radius 2 is 1.82 bits per heavy atom. The molecule has 0 bridgehead atoms. The van der Waals surface area contributed by atoms with E-state index in [1.807, 2.05) is 20.8 Å². The van der Waals surface area contributed by atoms with Crippen LogP contribution in [0.1, 0.15) is 20.8 Å². The summed E-state index contributed by atoms with van der Waals surface area (Å²) in [5.41, 5.74) is -0.178. The zero-order chi connectivity index (χ0) is 9.12. The van der Waals surface area contributed by atoms with Gasteiger partial charge in [-0.3, -0.25) is 0 Å². The van der Waals surface area contributed by atoms with Gasteiger partial charge in [-0.2, -0.15) is 10.9 Å². The molecule has 0 saturated heterocycles. The third kappa shape index (κ3) is 6.98. The zero-order valence-electron chi connectivity index (χ0n) is 6.63. The molecule has 11 heavy (non-hydrogen) atoms. The van der Waals surface area contributed by atoms with E-state index in [0.29, 0.717) is 0 Å². The van der Waals surface area contributed by atoms with Gasteiger partial charge in [-0.05, 0) is 5.41 Å². The average molecular weight is 294 g/mol. The third-order valence-corrected chi connectivity index (χ3v) is 2.60. The summed E-state index contributed by atoms with van der Waals surface area (Å²) < 4.78 is 29.7. The Kier molecular flexibility index (Phi) is 4.23. The van der Waals surface area contributed by atoms with Gasteiger partial charge in [0.05, 0.1) is 6.61 Å². The normalized spacial score (nSPS) is 13.5. The molecule has 0 aromatic carbocycles. The first kappa shape index (κ1) is 11.6. The lowest BCUT2D eigenvalue weighted by atomic mass is 9.99. The molecule has 68 valence electrons. The molecule has 0 N–H and O–H groups in total. The van der Waals surface area contributed by atoms with Crippen molar-refractivity contribution in [1.82, 2.24) is 0 Å². The van der Waals surface area contributed by atoms with Crippen LogP contribution in [0.3, 0.4) is 0 Å². The highest BCUT2D eigenvalue weighted by molar-refractivity contribution is 14.1. The van der Waals surface area contributed by atoms with Crippen LogP contribution in [0.5, 0.6) is 0 Å². The van der Waals surface area contributed by atoms with E-state index in [4.69, 9.17) is 0 Å². The van der Waals surface area contributed by atoms with Crippen molar-refractivity contribution in [2.24, 2.45) is 5.41 Å². The molecule has 0 unspecified atom stereocenters. The number of halogens is 1. The highest BCUT2D eigenvalue weighted by Gasteiger charge is 2.17. The molecule has 0 radical (unpaired) electrons. The van der Waals surface area contributed by atoms with Gasteiger partial charge >= 0.3 is 10.4 Å². The van der Waals surface area contributed by atoms with Crippen molar-refractivity contribution in [2.75, 3.05) is 6.61 Å². The summed E-state index contributed by atoms with van der Waals surface area (Å²) >= 11 is 1.27. The van der Waals surface area contributed by atoms with Gasteiger partial charge in [-0.15, -0.1) is 0 Å². The van der Waals surface area contributed by atoms with Crippen molar-refractivity contribution >= 4 is 33.4 Å². The molecule has 0 fully saturated rings. The van der Waals surface area contributed by atoms with Crippen LogP contribution in [0.25, 0.3) is 0 Å². The summed E-state index contributed by atoms with van der Waals surface area (Å²) in [6, 6.07) is 0. The van der Waals surface area contributed by atoms with Gasteiger partial charge in [-0.25, -0.2) is 4.18 Å². The maximum absolute atomic E-state index is 10.6. The van der Waals surface area contributed by atoms with Gasteiger partial charge in [0.25, 0.3) is 0 Å². The van der Waals surface area contributed by atoms with Gasteiger partial charge < -0.3 is 0 Å². The molecule has 0 aromatic rings. The lowest BCUT2D eigenvalue weighted by Gasteiger charge is -2.16. The van der Waals surface area contributed by atoms with E-state index in [9.17, 15) is 8.42 Å². The van der Waals surface area contributed by atoms with Gasteiger partial charge in [0.2, 0.25) is 0 Å². The predicted molar refractivity (Wildman–Crippen MR) is 49.4 cm³/mol. The maximum Gasteiger partial charge on any atom is 0.409 e. The molecule has 0 aliphatic heterocycles. The standard InChI is InChI=1S/C5H11IO4S/c1-5(2,3)4-9-11(7,8)10-6/h4H2,1-3H3. The molecule has 0 atom stereocenters. The highest BCUT2D eigenvalue weighted by atomic mass is 127. The molecule has 0 spiro atoms. The van der Waals surface area contributed by atoms with Gasteiger partial charge in [0.15, 0.2) is 0 Å². The molecule has 6 heteroatoms. The molecule has 4 nitrogen and oxygen atoms in total. The second-order valence-corrected chi connectivity index (χ2v) is 5.55. The summed E-state index contributed by atoms with van der Waals surface area (Å²) in [7, 11) is -3.77. The second-order valence-electron chi connectivity index (χ2n) is 3.29. The van der Waals surface area contributed by atoms with Crippen molar-refractivity contribution < 1.29 is 15.1 Å². The number of hydrogen-bond acceptors (Lipinski definition) is 4. The molecule has 0 saturated carbocycles. The van der Waals surface area contributed by atoms with Crippen molar-refractivity contribution in [1.29, 1.82) is 0 Å². The Bertz CT molecular complexity index is 203. The van der Waals surface area contributed by atoms with E-state index >= 15 is 0 Å². The van der Waals surface area contributed by atoms with Crippen LogP contribution >= 0.6 is 23.0 Å². The second kappa shape index (κ2) is 4.01. The first-order chi connectivity index (χ1) is 4.77. The Morgan fingerprint density at radius 3 is 2.09 bits per heavy atom. The lowest BCUT2D eigenvalue weighted by molar-refractivity contribution is 0.189. The fourth-order valence-electron chi connectivity index (χ4n) is 0.267. The third-order valence-electron chi connectivity index (χ3n) is 0.713. The fraction of sp³-hybridized carbons (Fsp3) is 1.00. The van der Waals surface area contributed by atoms with E-state index in [1.54, 1.807) is 0 Å². The number of hydrogen-bond donors (Lipinski definition) is 0. The molecule has 0 aromatic heterocycles. The minimum atomic E-state index is -3.77. The summed E-state index contributed by atoms with van der Waals surface area (Å²) in [6.07, 6.45) is 0. The monoisotopic (exact) mass is 294 g/mol. The van der Waals surface area contributed by atoms with Gasteiger partial charge in [0.1, 0.15) is 23.0 Å². The topological polar surface area (TPSA) is 52.6 Å². The van der Waals surface area contributed by atoms with Crippen LogP contribution in [0.4, 0.5) is 0 Å². The summed E-state index contributed by atoms with van der Waals surface area (Å²) in [6.45, 7) is 5.74. The van der Waals surface area contributed by atoms with E-state index in [2.05, 4.69) is 6.70 Å². The number of rotatable bonds is 3. The first-order valence-electron chi connectivity index (χ1n) is 2.96. The minimum absolute atomic E-state index is 0.123. The molecule has 0 aliphatic carbocycles. The Labute approximate surface area is 81.3 Å². The summed E-state index contributed by atoms with van der Waals surface area (Å²) in [4.78, 5) is 0. The molecule has 0 amide bonds. The van der Waals surface area contributed by atoms with E-state index in [0.717, 1.165) is 0 Å². The Morgan fingerprint density at radius 1 is 1.36 bits per heavy atom. The Balaban J connectivity index is 3.91. The van der Waals surface area contributed by atoms with Crippen LogP contribution < -0.4 is 0 Å². The first-order valence-corrected chi connectivity index (χ1v) is 5.18. The fourth-order valence-corrected chi connectivity index (χ4v) is 1.11. The predicted octanol–water partition coefficient (Wildman–Crippen LogP) is 1.66. The van der Waals surface area contributed by atoms with E-state index < -0.39 is 10.4 Å². The quantitative estimate of drug-likeness (QED) is 0.743. The maximum atomic E-state index is 10.6. The van der Waals surface area contributed by atoms with Crippen molar-refractivity contribution in [3.63, 3.8) is 0 Å². The SMILES string of the molecule is CC(C)(C)COS(=O)(=O)OI. The van der Waals surface area contributed by atoms with Crippen LogP contribution in [0.15, 0.2) is 0 Å². The van der Waals surface area contributed by atoms with E-state index in [-0.39, 0.29) is 12.0 Å². The van der Waals surface area contributed by atoms with Crippen LogP contribution in [-0.4, -0.2) is 15.0 Å². The minimum Gasteiger partial charge on any atom is -0.247 e. The van der Waals surface area contributed by atoms with Crippen LogP contribution in [0, 0.1) is 5.41 Å². The average Bonchev–Trinajstić information content (AvgIpc) is 1.83. The molecule has 0 aliphatic rings. The molecule has 0 rings (SSSR count). The van der Waals surface area contributed by atoms with Gasteiger partial charge in [0, 0.05) is 0 Å². The zero-order valence-corrected chi connectivity index (χ0v) is 9.60. The molecule has 0 heterocycles. The van der Waals surface area contributed by atoms with Crippen molar-refractivity contribution in [2.45, 2.75) is 20.8 Å². The van der Waals surface area contributed by atoms with Crippen molar-refractivity contribution in [3.05, 3.63) is 0 Å². The van der Waals surface area contributed by atoms with Crippen molar-refractivity contribution in [3.8, 4) is 0 Å². The molecular weight excluding hydrogens is 283 g/mol. The summed E-state index contributed by atoms with van der Waals surface area (Å²) in [5.74, 6) is 0. The molecular formula is C5H11IO4S. The largest absolute Gasteiger partial charge is 0.409 e. The van der Waals surface area contributed by atoms with E-state index in [1.165, 1.54) is 23.0 Å². The smallest absolute Gasteiger partial charge is 0.247 e. The van der Waals surface area contributed by atoms with Crippen LogP contribution in [-0.2, 0) is 17.1 Å². The summed E-state index contributed by atoms with van der Waals surface area (Å²) in [5, 5.41) is 0. The Hall–Kier alpha value is 0.600. The van der Waals surface area contributed by atoms with Gasteiger partial charge in [-0.1, -0.05) is 20.8 Å².